The third-order valence-electron chi connectivity index (χ3n) is 6.07. The quantitative estimate of drug-likeness (QED) is 0.622. The highest BCUT2D eigenvalue weighted by Gasteiger charge is 2.47. The zero-order chi connectivity index (χ0) is 15.1. The van der Waals surface area contributed by atoms with Crippen molar-refractivity contribution >= 4 is 5.97 Å². The topological polar surface area (TPSA) is 46.5 Å². The van der Waals surface area contributed by atoms with E-state index >= 15 is 0 Å². The van der Waals surface area contributed by atoms with Gasteiger partial charge in [-0.15, -0.1) is 0 Å². The van der Waals surface area contributed by atoms with Gasteiger partial charge in [-0.25, -0.2) is 0 Å². The molecule has 3 nitrogen and oxygen atoms in total. The number of allylic oxidation sites excluding steroid dienone is 2. The van der Waals surface area contributed by atoms with E-state index in [1.807, 2.05) is 6.92 Å². The number of carbonyl (C=O) groups excluding carboxylic acids is 1. The number of carbonyl (C=O) groups is 1. The molecule has 3 heteroatoms. The Morgan fingerprint density at radius 3 is 2.57 bits per heavy atom. The molecule has 21 heavy (non-hydrogen) atoms. The molecule has 0 aromatic rings. The van der Waals surface area contributed by atoms with E-state index in [2.05, 4.69) is 19.1 Å². The van der Waals surface area contributed by atoms with Crippen molar-refractivity contribution in [2.24, 2.45) is 17.8 Å². The van der Waals surface area contributed by atoms with Crippen molar-refractivity contribution in [3.05, 3.63) is 12.2 Å². The van der Waals surface area contributed by atoms with Crippen LogP contribution in [0.3, 0.4) is 0 Å². The molecule has 0 radical (unpaired) electrons. The van der Waals surface area contributed by atoms with Gasteiger partial charge in [0.1, 0.15) is 5.60 Å². The minimum Gasteiger partial charge on any atom is -0.459 e. The van der Waals surface area contributed by atoms with Gasteiger partial charge in [0.2, 0.25) is 0 Å². The molecule has 4 atom stereocenters. The minimum atomic E-state index is -0.936. The molecule has 4 unspecified atom stereocenters. The number of hydrogen-bond donors (Lipinski definition) is 1. The van der Waals surface area contributed by atoms with Crippen molar-refractivity contribution in [1.82, 2.24) is 0 Å². The molecular weight excluding hydrogens is 264 g/mol. The number of aliphatic hydroxyl groups is 1. The minimum absolute atomic E-state index is 0.135. The van der Waals surface area contributed by atoms with Crippen molar-refractivity contribution < 1.29 is 14.6 Å². The predicted octanol–water partition coefficient (Wildman–Crippen LogP) is 3.61. The molecule has 3 rings (SSSR count). The Morgan fingerprint density at radius 2 is 2.05 bits per heavy atom. The third kappa shape index (κ3) is 2.90. The SMILES string of the molecule is CCC1(OC(=O)CC(C)(O)C2CC3C=CC2C3)CCCC1. The van der Waals surface area contributed by atoms with Crippen LogP contribution < -0.4 is 0 Å². The summed E-state index contributed by atoms with van der Waals surface area (Å²) in [5.41, 5.74) is -1.18. The van der Waals surface area contributed by atoms with Crippen LogP contribution in [0.5, 0.6) is 0 Å². The lowest BCUT2D eigenvalue weighted by Gasteiger charge is -2.35. The Balaban J connectivity index is 1.60. The molecule has 1 N–H and O–H groups in total. The molecule has 0 saturated heterocycles. The van der Waals surface area contributed by atoms with Crippen LogP contribution in [0.4, 0.5) is 0 Å². The highest BCUT2D eigenvalue weighted by atomic mass is 16.6. The fraction of sp³-hybridized carbons (Fsp3) is 0.833. The average molecular weight is 292 g/mol. The Labute approximate surface area is 127 Å². The summed E-state index contributed by atoms with van der Waals surface area (Å²) in [6.45, 7) is 3.91. The molecule has 0 heterocycles. The number of rotatable bonds is 5. The van der Waals surface area contributed by atoms with Gasteiger partial charge in [-0.1, -0.05) is 19.1 Å². The van der Waals surface area contributed by atoms with Gasteiger partial charge in [-0.2, -0.15) is 0 Å². The normalized spacial score (nSPS) is 35.9. The lowest BCUT2D eigenvalue weighted by atomic mass is 9.78. The first-order chi connectivity index (χ1) is 9.94. The number of ether oxygens (including phenoxy) is 1. The molecule has 0 aromatic heterocycles. The van der Waals surface area contributed by atoms with Gasteiger partial charge in [0.15, 0.2) is 0 Å². The van der Waals surface area contributed by atoms with Crippen molar-refractivity contribution in [2.75, 3.05) is 0 Å². The van der Waals surface area contributed by atoms with Gasteiger partial charge in [0, 0.05) is 0 Å². The van der Waals surface area contributed by atoms with E-state index in [0.29, 0.717) is 11.8 Å². The fourth-order valence-electron chi connectivity index (χ4n) is 4.74. The molecule has 0 aromatic carbocycles. The number of fused-ring (bicyclic) bond motifs is 2. The van der Waals surface area contributed by atoms with Crippen LogP contribution in [0, 0.1) is 17.8 Å². The fourth-order valence-corrected chi connectivity index (χ4v) is 4.74. The molecule has 0 aliphatic heterocycles. The second kappa shape index (κ2) is 5.42. The Bertz CT molecular complexity index is 432. The number of hydrogen-bond acceptors (Lipinski definition) is 3. The van der Waals surface area contributed by atoms with E-state index in [9.17, 15) is 9.90 Å². The highest BCUT2D eigenvalue weighted by Crippen LogP contribution is 2.49. The van der Waals surface area contributed by atoms with Crippen LogP contribution in [-0.4, -0.2) is 22.3 Å². The van der Waals surface area contributed by atoms with E-state index in [1.165, 1.54) is 0 Å². The zero-order valence-corrected chi connectivity index (χ0v) is 13.3. The van der Waals surface area contributed by atoms with Gasteiger partial charge in [0.25, 0.3) is 0 Å². The van der Waals surface area contributed by atoms with Crippen molar-refractivity contribution in [3.63, 3.8) is 0 Å². The van der Waals surface area contributed by atoms with Crippen LogP contribution in [0.25, 0.3) is 0 Å². The maximum atomic E-state index is 12.3. The molecule has 2 saturated carbocycles. The molecule has 3 aliphatic carbocycles. The van der Waals surface area contributed by atoms with E-state index in [-0.39, 0.29) is 23.9 Å². The zero-order valence-electron chi connectivity index (χ0n) is 13.3. The monoisotopic (exact) mass is 292 g/mol. The van der Waals surface area contributed by atoms with Gasteiger partial charge >= 0.3 is 5.97 Å². The summed E-state index contributed by atoms with van der Waals surface area (Å²) < 4.78 is 5.81. The summed E-state index contributed by atoms with van der Waals surface area (Å²) in [6, 6.07) is 0. The summed E-state index contributed by atoms with van der Waals surface area (Å²) >= 11 is 0. The lowest BCUT2D eigenvalue weighted by molar-refractivity contribution is -0.167. The average Bonchev–Trinajstić information content (AvgIpc) is 3.14. The third-order valence-corrected chi connectivity index (χ3v) is 6.07. The molecule has 118 valence electrons. The van der Waals surface area contributed by atoms with E-state index in [4.69, 9.17) is 4.74 Å². The van der Waals surface area contributed by atoms with Crippen molar-refractivity contribution in [2.45, 2.75) is 76.4 Å². The van der Waals surface area contributed by atoms with Crippen LogP contribution in [0.2, 0.25) is 0 Å². The van der Waals surface area contributed by atoms with Crippen LogP contribution >= 0.6 is 0 Å². The first-order valence-corrected chi connectivity index (χ1v) is 8.57. The van der Waals surface area contributed by atoms with Gasteiger partial charge in [0.05, 0.1) is 12.0 Å². The molecule has 0 amide bonds. The summed E-state index contributed by atoms with van der Waals surface area (Å²) in [6.07, 6.45) is 11.9. The molecule has 2 fully saturated rings. The molecule has 2 bridgehead atoms. The Hall–Kier alpha value is -0.830. The second-order valence-corrected chi connectivity index (χ2v) is 7.64. The Kier molecular flexibility index (Phi) is 3.89. The maximum Gasteiger partial charge on any atom is 0.309 e. The summed E-state index contributed by atoms with van der Waals surface area (Å²) in [4.78, 5) is 12.3. The van der Waals surface area contributed by atoms with E-state index in [1.54, 1.807) is 0 Å². The first-order valence-electron chi connectivity index (χ1n) is 8.57. The van der Waals surface area contributed by atoms with Crippen molar-refractivity contribution in [1.29, 1.82) is 0 Å². The summed E-state index contributed by atoms with van der Waals surface area (Å²) in [5, 5.41) is 10.8. The van der Waals surface area contributed by atoms with Crippen LogP contribution in [0.1, 0.15) is 65.2 Å². The van der Waals surface area contributed by atoms with Gasteiger partial charge in [-0.3, -0.25) is 4.79 Å². The lowest BCUT2D eigenvalue weighted by Crippen LogP contribution is -2.41. The van der Waals surface area contributed by atoms with Crippen molar-refractivity contribution in [3.8, 4) is 0 Å². The largest absolute Gasteiger partial charge is 0.459 e. The molecule has 3 aliphatic rings. The van der Waals surface area contributed by atoms with E-state index in [0.717, 1.165) is 44.9 Å². The summed E-state index contributed by atoms with van der Waals surface area (Å²) in [5.74, 6) is 1.06. The summed E-state index contributed by atoms with van der Waals surface area (Å²) in [7, 11) is 0. The highest BCUT2D eigenvalue weighted by molar-refractivity contribution is 5.71. The predicted molar refractivity (Wildman–Crippen MR) is 81.7 cm³/mol. The van der Waals surface area contributed by atoms with E-state index < -0.39 is 5.60 Å². The molecule has 0 spiro atoms. The Morgan fingerprint density at radius 1 is 1.33 bits per heavy atom. The first kappa shape index (κ1) is 15.1. The smallest absolute Gasteiger partial charge is 0.309 e. The maximum absolute atomic E-state index is 12.3. The second-order valence-electron chi connectivity index (χ2n) is 7.64. The standard InChI is InChI=1S/C18H28O3/c1-3-18(8-4-5-9-18)21-16(19)12-17(2,20)15-11-13-6-7-14(15)10-13/h6-7,13-15,20H,3-5,8-12H2,1-2H3. The number of esters is 1. The van der Waals surface area contributed by atoms with Gasteiger partial charge < -0.3 is 9.84 Å². The van der Waals surface area contributed by atoms with Crippen LogP contribution in [0.15, 0.2) is 12.2 Å². The van der Waals surface area contributed by atoms with Crippen LogP contribution in [-0.2, 0) is 9.53 Å². The van der Waals surface area contributed by atoms with Gasteiger partial charge in [-0.05, 0) is 69.6 Å². The molecular formula is C18H28O3.